The fraction of sp³-hybridized carbons (Fsp3) is 0.364. The molecular formula is C22H26N2O5S. The third-order valence-corrected chi connectivity index (χ3v) is 6.95. The average Bonchev–Trinajstić information content (AvgIpc) is 3.31. The molecular weight excluding hydrogens is 404 g/mol. The maximum absolute atomic E-state index is 12.8. The van der Waals surface area contributed by atoms with Crippen molar-refractivity contribution >= 4 is 27.6 Å². The lowest BCUT2D eigenvalue weighted by molar-refractivity contribution is -0.126. The highest BCUT2D eigenvalue weighted by Crippen LogP contribution is 2.22. The Bertz CT molecular complexity index is 1000. The number of carbonyl (C=O) groups is 2. The van der Waals surface area contributed by atoms with Crippen LogP contribution in [0.5, 0.6) is 0 Å². The van der Waals surface area contributed by atoms with Crippen LogP contribution in [-0.2, 0) is 19.6 Å². The molecule has 0 unspecified atom stereocenters. The molecule has 0 spiro atoms. The topological polar surface area (TPSA) is 84.0 Å². The van der Waals surface area contributed by atoms with E-state index in [4.69, 9.17) is 4.74 Å². The summed E-state index contributed by atoms with van der Waals surface area (Å²) >= 11 is 0. The van der Waals surface area contributed by atoms with Gasteiger partial charge in [0.05, 0.1) is 10.5 Å². The molecule has 0 aromatic heterocycles. The number of benzene rings is 2. The molecule has 8 heteroatoms. The Kier molecular flexibility index (Phi) is 6.89. The first-order valence-electron chi connectivity index (χ1n) is 10.0. The van der Waals surface area contributed by atoms with E-state index in [1.165, 1.54) is 40.4 Å². The van der Waals surface area contributed by atoms with Crippen molar-refractivity contribution in [3.8, 4) is 0 Å². The van der Waals surface area contributed by atoms with Crippen LogP contribution in [0.2, 0.25) is 0 Å². The Balaban J connectivity index is 1.73. The summed E-state index contributed by atoms with van der Waals surface area (Å²) in [6, 6.07) is 14.9. The zero-order chi connectivity index (χ0) is 21.7. The van der Waals surface area contributed by atoms with Crippen LogP contribution in [0.1, 0.15) is 37.0 Å². The van der Waals surface area contributed by atoms with Gasteiger partial charge >= 0.3 is 5.97 Å². The molecule has 2 aromatic carbocycles. The summed E-state index contributed by atoms with van der Waals surface area (Å²) in [7, 11) is -3.64. The number of sulfonamides is 1. The summed E-state index contributed by atoms with van der Waals surface area (Å²) < 4.78 is 32.3. The van der Waals surface area contributed by atoms with Crippen LogP contribution in [0.25, 0.3) is 0 Å². The maximum atomic E-state index is 12.8. The van der Waals surface area contributed by atoms with Crippen molar-refractivity contribution < 1.29 is 22.7 Å². The van der Waals surface area contributed by atoms with Crippen molar-refractivity contribution in [2.75, 3.05) is 24.5 Å². The van der Waals surface area contributed by atoms with Crippen LogP contribution < -0.4 is 4.90 Å². The van der Waals surface area contributed by atoms with E-state index in [2.05, 4.69) is 0 Å². The van der Waals surface area contributed by atoms with E-state index in [9.17, 15) is 18.0 Å². The van der Waals surface area contributed by atoms with Crippen LogP contribution in [0.4, 0.5) is 5.69 Å². The first kappa shape index (κ1) is 22.0. The molecule has 1 atom stereocenters. The Morgan fingerprint density at radius 1 is 1.07 bits per heavy atom. The lowest BCUT2D eigenvalue weighted by Crippen LogP contribution is -2.40. The number of hydrogen-bond donors (Lipinski definition) is 0. The first-order chi connectivity index (χ1) is 14.3. The number of esters is 1. The molecule has 0 saturated carbocycles. The van der Waals surface area contributed by atoms with Gasteiger partial charge in [-0.15, -0.1) is 0 Å². The summed E-state index contributed by atoms with van der Waals surface area (Å²) in [5.41, 5.74) is 0.810. The van der Waals surface area contributed by atoms with Crippen molar-refractivity contribution in [2.45, 2.75) is 37.7 Å². The SMILES string of the molecule is CCN(C(=O)[C@H](C)OC(=O)c1cccc(S(=O)(=O)N2CCCC2)c1)c1ccccc1. The Labute approximate surface area is 177 Å². The monoisotopic (exact) mass is 430 g/mol. The Morgan fingerprint density at radius 3 is 2.37 bits per heavy atom. The number of amides is 1. The Morgan fingerprint density at radius 2 is 1.73 bits per heavy atom. The maximum Gasteiger partial charge on any atom is 0.338 e. The number of nitrogens with zero attached hydrogens (tertiary/aromatic N) is 2. The van der Waals surface area contributed by atoms with E-state index in [-0.39, 0.29) is 16.4 Å². The minimum Gasteiger partial charge on any atom is -0.449 e. The van der Waals surface area contributed by atoms with Crippen LogP contribution in [0, 0.1) is 0 Å². The largest absolute Gasteiger partial charge is 0.449 e. The van der Waals surface area contributed by atoms with Gasteiger partial charge in [0.25, 0.3) is 5.91 Å². The lowest BCUT2D eigenvalue weighted by atomic mass is 10.2. The number of carbonyl (C=O) groups excluding carboxylic acids is 2. The van der Waals surface area contributed by atoms with E-state index < -0.39 is 22.1 Å². The zero-order valence-corrected chi connectivity index (χ0v) is 18.0. The second-order valence-electron chi connectivity index (χ2n) is 7.10. The predicted octanol–water partition coefficient (Wildman–Crippen LogP) is 3.07. The summed E-state index contributed by atoms with van der Waals surface area (Å²) in [5.74, 6) is -1.09. The zero-order valence-electron chi connectivity index (χ0n) is 17.2. The number of rotatable bonds is 7. The standard InChI is InChI=1S/C22H26N2O5S/c1-3-24(19-11-5-4-6-12-19)21(25)17(2)29-22(26)18-10-9-13-20(16-18)30(27,28)23-14-7-8-15-23/h4-6,9-13,16-17H,3,7-8,14-15H2,1-2H3/t17-/m0/s1. The number of hydrogen-bond acceptors (Lipinski definition) is 5. The molecule has 30 heavy (non-hydrogen) atoms. The second kappa shape index (κ2) is 9.40. The van der Waals surface area contributed by atoms with Gasteiger partial charge in [0.1, 0.15) is 0 Å². The highest BCUT2D eigenvalue weighted by molar-refractivity contribution is 7.89. The van der Waals surface area contributed by atoms with Gasteiger partial charge in [-0.3, -0.25) is 4.79 Å². The van der Waals surface area contributed by atoms with Crippen LogP contribution in [0.15, 0.2) is 59.5 Å². The van der Waals surface area contributed by atoms with Crippen molar-refractivity contribution in [3.05, 3.63) is 60.2 Å². The van der Waals surface area contributed by atoms with Gasteiger partial charge in [0.2, 0.25) is 10.0 Å². The smallest absolute Gasteiger partial charge is 0.338 e. The lowest BCUT2D eigenvalue weighted by Gasteiger charge is -2.24. The number of ether oxygens (including phenoxy) is 1. The highest BCUT2D eigenvalue weighted by Gasteiger charge is 2.29. The van der Waals surface area contributed by atoms with E-state index in [1.54, 1.807) is 0 Å². The molecule has 160 valence electrons. The summed E-state index contributed by atoms with van der Waals surface area (Å²) in [5, 5.41) is 0. The molecule has 1 aliphatic rings. The second-order valence-corrected chi connectivity index (χ2v) is 9.04. The van der Waals surface area contributed by atoms with Gasteiger partial charge in [0.15, 0.2) is 6.10 Å². The number of para-hydroxylation sites is 1. The summed E-state index contributed by atoms with van der Waals surface area (Å²) in [6.45, 7) is 4.74. The third-order valence-electron chi connectivity index (χ3n) is 5.05. The first-order valence-corrected chi connectivity index (χ1v) is 11.5. The molecule has 0 aliphatic carbocycles. The van der Waals surface area contributed by atoms with E-state index >= 15 is 0 Å². The Hall–Kier alpha value is -2.71. The molecule has 1 fully saturated rings. The molecule has 0 N–H and O–H groups in total. The van der Waals surface area contributed by atoms with Gasteiger partial charge in [-0.05, 0) is 57.0 Å². The van der Waals surface area contributed by atoms with Gasteiger partial charge in [0, 0.05) is 25.3 Å². The number of likely N-dealkylation sites (N-methyl/N-ethyl adjacent to an activating group) is 1. The van der Waals surface area contributed by atoms with Crippen molar-refractivity contribution in [1.82, 2.24) is 4.31 Å². The highest BCUT2D eigenvalue weighted by atomic mass is 32.2. The van der Waals surface area contributed by atoms with Crippen LogP contribution >= 0.6 is 0 Å². The fourth-order valence-corrected chi connectivity index (χ4v) is 5.00. The minimum atomic E-state index is -3.64. The predicted molar refractivity (Wildman–Crippen MR) is 114 cm³/mol. The molecule has 1 saturated heterocycles. The molecule has 3 rings (SSSR count). The van der Waals surface area contributed by atoms with Gasteiger partial charge in [-0.1, -0.05) is 24.3 Å². The summed E-state index contributed by atoms with van der Waals surface area (Å²) in [4.78, 5) is 27.0. The number of anilines is 1. The molecule has 2 aromatic rings. The quantitative estimate of drug-likeness (QED) is 0.631. The average molecular weight is 431 g/mol. The van der Waals surface area contributed by atoms with Crippen LogP contribution in [0.3, 0.4) is 0 Å². The fourth-order valence-electron chi connectivity index (χ4n) is 3.43. The molecule has 1 heterocycles. The van der Waals surface area contributed by atoms with E-state index in [1.807, 2.05) is 37.3 Å². The molecule has 1 amide bonds. The molecule has 1 aliphatic heterocycles. The third kappa shape index (κ3) is 4.71. The van der Waals surface area contributed by atoms with Gasteiger partial charge in [-0.25, -0.2) is 13.2 Å². The van der Waals surface area contributed by atoms with Gasteiger partial charge in [-0.2, -0.15) is 4.31 Å². The molecule has 0 radical (unpaired) electrons. The van der Waals surface area contributed by atoms with Crippen LogP contribution in [-0.4, -0.2) is 50.3 Å². The minimum absolute atomic E-state index is 0.0531. The summed E-state index contributed by atoms with van der Waals surface area (Å²) in [6.07, 6.45) is 0.641. The normalized spacial score (nSPS) is 15.5. The molecule has 7 nitrogen and oxygen atoms in total. The van der Waals surface area contributed by atoms with Crippen molar-refractivity contribution in [3.63, 3.8) is 0 Å². The molecule has 0 bridgehead atoms. The van der Waals surface area contributed by atoms with E-state index in [0.717, 1.165) is 12.8 Å². The van der Waals surface area contributed by atoms with Crippen molar-refractivity contribution in [1.29, 1.82) is 0 Å². The van der Waals surface area contributed by atoms with Gasteiger partial charge < -0.3 is 9.64 Å². The van der Waals surface area contributed by atoms with Crippen molar-refractivity contribution in [2.24, 2.45) is 0 Å². The van der Waals surface area contributed by atoms with E-state index in [0.29, 0.717) is 25.3 Å².